The summed E-state index contributed by atoms with van der Waals surface area (Å²) >= 11 is 0. The number of hydrogen-bond acceptors (Lipinski definition) is 4. The molecule has 0 spiro atoms. The molecule has 5 nitrogen and oxygen atoms in total. The predicted octanol–water partition coefficient (Wildman–Crippen LogP) is 1.65. The van der Waals surface area contributed by atoms with Crippen molar-refractivity contribution in [2.24, 2.45) is 0 Å². The molecule has 1 N–H and O–H groups in total. The Morgan fingerprint density at radius 1 is 1.53 bits per heavy atom. The highest BCUT2D eigenvalue weighted by Gasteiger charge is 2.30. The molecule has 1 amide bonds. The van der Waals surface area contributed by atoms with Crippen LogP contribution in [0.15, 0.2) is 0 Å². The Labute approximate surface area is 102 Å². The summed E-state index contributed by atoms with van der Waals surface area (Å²) in [4.78, 5) is 23.2. The average molecular weight is 243 g/mol. The lowest BCUT2D eigenvalue weighted by Crippen LogP contribution is -2.50. The quantitative estimate of drug-likeness (QED) is 0.801. The molecule has 1 aliphatic heterocycles. The predicted molar refractivity (Wildman–Crippen MR) is 62.8 cm³/mol. The SMILES string of the molecule is CC[C@@H]1CC(=O)[C@@H](NC(=O)OC(C)(C)C)CO1. The third kappa shape index (κ3) is 4.73. The molecule has 0 radical (unpaired) electrons. The van der Waals surface area contributed by atoms with Gasteiger partial charge >= 0.3 is 6.09 Å². The topological polar surface area (TPSA) is 64.6 Å². The van der Waals surface area contributed by atoms with Crippen LogP contribution in [0.1, 0.15) is 40.5 Å². The Kier molecular flexibility index (Phi) is 4.51. The van der Waals surface area contributed by atoms with Gasteiger partial charge in [-0.2, -0.15) is 0 Å². The monoisotopic (exact) mass is 243 g/mol. The van der Waals surface area contributed by atoms with Crippen molar-refractivity contribution >= 4 is 11.9 Å². The molecule has 0 saturated carbocycles. The summed E-state index contributed by atoms with van der Waals surface area (Å²) in [5.74, 6) is 0.00830. The molecule has 0 aromatic rings. The van der Waals surface area contributed by atoms with E-state index in [1.807, 2.05) is 6.92 Å². The number of Topliss-reactive ketones (excluding diaryl/α,β-unsaturated/α-hetero) is 1. The van der Waals surface area contributed by atoms with Crippen molar-refractivity contribution in [3.63, 3.8) is 0 Å². The summed E-state index contributed by atoms with van der Waals surface area (Å²) < 4.78 is 10.5. The van der Waals surface area contributed by atoms with Crippen LogP contribution in [0.4, 0.5) is 4.79 Å². The minimum absolute atomic E-state index is 0.00830. The van der Waals surface area contributed by atoms with Crippen molar-refractivity contribution in [1.82, 2.24) is 5.32 Å². The normalized spacial score (nSPS) is 25.5. The van der Waals surface area contributed by atoms with Crippen molar-refractivity contribution in [3.8, 4) is 0 Å². The number of carbonyl (C=O) groups excluding carboxylic acids is 2. The van der Waals surface area contributed by atoms with E-state index in [1.54, 1.807) is 20.8 Å². The van der Waals surface area contributed by atoms with Crippen LogP contribution in [0.3, 0.4) is 0 Å². The summed E-state index contributed by atoms with van der Waals surface area (Å²) in [7, 11) is 0. The Morgan fingerprint density at radius 3 is 2.65 bits per heavy atom. The van der Waals surface area contributed by atoms with Gasteiger partial charge in [-0.25, -0.2) is 4.79 Å². The molecule has 1 saturated heterocycles. The molecule has 0 bridgehead atoms. The Hall–Kier alpha value is -1.10. The van der Waals surface area contributed by atoms with E-state index in [0.29, 0.717) is 6.42 Å². The van der Waals surface area contributed by atoms with Gasteiger partial charge in [0.05, 0.1) is 12.7 Å². The van der Waals surface area contributed by atoms with E-state index >= 15 is 0 Å². The molecule has 0 unspecified atom stereocenters. The van der Waals surface area contributed by atoms with Crippen molar-refractivity contribution in [2.75, 3.05) is 6.61 Å². The zero-order valence-electron chi connectivity index (χ0n) is 10.9. The Morgan fingerprint density at radius 2 is 2.18 bits per heavy atom. The van der Waals surface area contributed by atoms with Gasteiger partial charge in [-0.3, -0.25) is 4.79 Å². The van der Waals surface area contributed by atoms with Crippen molar-refractivity contribution < 1.29 is 19.1 Å². The van der Waals surface area contributed by atoms with Crippen LogP contribution in [0.2, 0.25) is 0 Å². The highest BCUT2D eigenvalue weighted by Crippen LogP contribution is 2.14. The molecule has 0 aromatic heterocycles. The number of amides is 1. The van der Waals surface area contributed by atoms with Gasteiger partial charge in [0, 0.05) is 6.42 Å². The summed E-state index contributed by atoms with van der Waals surface area (Å²) in [6.07, 6.45) is 0.579. The molecule has 1 rings (SSSR count). The van der Waals surface area contributed by atoms with E-state index in [4.69, 9.17) is 9.47 Å². The summed E-state index contributed by atoms with van der Waals surface area (Å²) in [6, 6.07) is -0.576. The number of ether oxygens (including phenoxy) is 2. The second-order valence-electron chi connectivity index (χ2n) is 5.23. The maximum Gasteiger partial charge on any atom is 0.408 e. The Bertz CT molecular complexity index is 295. The first kappa shape index (κ1) is 14.0. The zero-order chi connectivity index (χ0) is 13.1. The first-order chi connectivity index (χ1) is 7.81. The molecule has 0 aromatic carbocycles. The summed E-state index contributed by atoms with van der Waals surface area (Å²) in [6.45, 7) is 7.53. The van der Waals surface area contributed by atoms with Gasteiger partial charge in [-0.15, -0.1) is 0 Å². The Balaban J connectivity index is 2.42. The number of ketones is 1. The van der Waals surface area contributed by atoms with Gasteiger partial charge < -0.3 is 14.8 Å². The van der Waals surface area contributed by atoms with Gasteiger partial charge in [0.1, 0.15) is 11.6 Å². The largest absolute Gasteiger partial charge is 0.444 e. The number of carbonyl (C=O) groups is 2. The van der Waals surface area contributed by atoms with Crippen LogP contribution < -0.4 is 5.32 Å². The van der Waals surface area contributed by atoms with Crippen LogP contribution in [0.25, 0.3) is 0 Å². The van der Waals surface area contributed by atoms with Crippen molar-refractivity contribution in [2.45, 2.75) is 58.3 Å². The fourth-order valence-electron chi connectivity index (χ4n) is 1.58. The maximum absolute atomic E-state index is 11.7. The lowest BCUT2D eigenvalue weighted by Gasteiger charge is -2.28. The molecule has 0 aliphatic carbocycles. The van der Waals surface area contributed by atoms with E-state index < -0.39 is 17.7 Å². The first-order valence-corrected chi connectivity index (χ1v) is 5.95. The highest BCUT2D eigenvalue weighted by molar-refractivity contribution is 5.88. The second-order valence-corrected chi connectivity index (χ2v) is 5.23. The third-order valence-electron chi connectivity index (χ3n) is 2.46. The lowest BCUT2D eigenvalue weighted by molar-refractivity contribution is -0.132. The van der Waals surface area contributed by atoms with Gasteiger partial charge in [0.25, 0.3) is 0 Å². The van der Waals surface area contributed by atoms with E-state index in [1.165, 1.54) is 0 Å². The lowest BCUT2D eigenvalue weighted by atomic mass is 10.0. The molecule has 2 atom stereocenters. The molecule has 1 heterocycles. The van der Waals surface area contributed by atoms with E-state index in [-0.39, 0.29) is 18.5 Å². The molecule has 1 aliphatic rings. The number of hydrogen-bond donors (Lipinski definition) is 1. The van der Waals surface area contributed by atoms with E-state index in [0.717, 1.165) is 6.42 Å². The fraction of sp³-hybridized carbons (Fsp3) is 0.833. The summed E-state index contributed by atoms with van der Waals surface area (Å²) in [5, 5.41) is 2.53. The molecule has 1 fully saturated rings. The smallest absolute Gasteiger partial charge is 0.408 e. The minimum atomic E-state index is -0.576. The number of nitrogens with one attached hydrogen (secondary N) is 1. The van der Waals surface area contributed by atoms with Crippen LogP contribution in [0.5, 0.6) is 0 Å². The van der Waals surface area contributed by atoms with E-state index in [9.17, 15) is 9.59 Å². The van der Waals surface area contributed by atoms with Crippen LogP contribution in [-0.2, 0) is 14.3 Å². The van der Waals surface area contributed by atoms with Crippen molar-refractivity contribution in [3.05, 3.63) is 0 Å². The standard InChI is InChI=1S/C12H21NO4/c1-5-8-6-10(14)9(7-16-8)13-11(15)17-12(2,3)4/h8-9H,5-7H2,1-4H3,(H,13,15)/t8-,9+/m1/s1. The molecule has 17 heavy (non-hydrogen) atoms. The average Bonchev–Trinajstić information content (AvgIpc) is 2.18. The molecule has 5 heteroatoms. The van der Waals surface area contributed by atoms with Gasteiger partial charge in [0.15, 0.2) is 5.78 Å². The second kappa shape index (κ2) is 5.49. The molecular weight excluding hydrogens is 222 g/mol. The zero-order valence-corrected chi connectivity index (χ0v) is 10.9. The van der Waals surface area contributed by atoms with Crippen molar-refractivity contribution in [1.29, 1.82) is 0 Å². The van der Waals surface area contributed by atoms with Crippen LogP contribution >= 0.6 is 0 Å². The third-order valence-corrected chi connectivity index (χ3v) is 2.46. The minimum Gasteiger partial charge on any atom is -0.444 e. The van der Waals surface area contributed by atoms with E-state index in [2.05, 4.69) is 5.32 Å². The van der Waals surface area contributed by atoms with Gasteiger partial charge in [-0.05, 0) is 27.2 Å². The molecule has 98 valence electrons. The van der Waals surface area contributed by atoms with Gasteiger partial charge in [-0.1, -0.05) is 6.92 Å². The highest BCUT2D eigenvalue weighted by atomic mass is 16.6. The first-order valence-electron chi connectivity index (χ1n) is 5.95. The van der Waals surface area contributed by atoms with Gasteiger partial charge in [0.2, 0.25) is 0 Å². The summed E-state index contributed by atoms with van der Waals surface area (Å²) in [5.41, 5.74) is -0.561. The number of rotatable bonds is 2. The van der Waals surface area contributed by atoms with Crippen LogP contribution in [-0.4, -0.2) is 36.2 Å². The maximum atomic E-state index is 11.7. The molecular formula is C12H21NO4. The van der Waals surface area contributed by atoms with Crippen LogP contribution in [0, 0.1) is 0 Å². The number of alkyl carbamates (subject to hydrolysis) is 1. The fourth-order valence-corrected chi connectivity index (χ4v) is 1.58.